The van der Waals surface area contributed by atoms with Crippen LogP contribution in [0.4, 0.5) is 0 Å². The predicted molar refractivity (Wildman–Crippen MR) is 96.3 cm³/mol. The number of amides is 1. The van der Waals surface area contributed by atoms with Crippen molar-refractivity contribution in [3.05, 3.63) is 64.7 Å². The molecule has 1 aliphatic carbocycles. The second-order valence-corrected chi connectivity index (χ2v) is 6.55. The number of hydrogen-bond acceptors (Lipinski definition) is 2. The minimum atomic E-state index is -0.0129. The van der Waals surface area contributed by atoms with Crippen molar-refractivity contribution in [1.29, 1.82) is 0 Å². The summed E-state index contributed by atoms with van der Waals surface area (Å²) in [5, 5.41) is 3.08. The molecule has 0 bridgehead atoms. The summed E-state index contributed by atoms with van der Waals surface area (Å²) in [7, 11) is 1.65. The maximum atomic E-state index is 12.4. The first-order chi connectivity index (χ1) is 11.7. The number of ether oxygens (including phenoxy) is 1. The zero-order chi connectivity index (χ0) is 16.9. The van der Waals surface area contributed by atoms with Crippen molar-refractivity contribution in [2.24, 2.45) is 0 Å². The second-order valence-electron chi connectivity index (χ2n) is 6.55. The summed E-state index contributed by atoms with van der Waals surface area (Å²) >= 11 is 0. The molecule has 126 valence electrons. The topological polar surface area (TPSA) is 38.3 Å². The number of carbonyl (C=O) groups excluding carboxylic acids is 1. The lowest BCUT2D eigenvalue weighted by Gasteiger charge is -2.17. The molecule has 0 saturated carbocycles. The molecular weight excluding hydrogens is 298 g/mol. The average Bonchev–Trinajstić information content (AvgIpc) is 2.61. The third kappa shape index (κ3) is 3.97. The fourth-order valence-corrected chi connectivity index (χ4v) is 3.35. The van der Waals surface area contributed by atoms with Crippen molar-refractivity contribution in [3.8, 4) is 5.75 Å². The van der Waals surface area contributed by atoms with Crippen LogP contribution in [0.15, 0.2) is 42.5 Å². The Bertz CT molecular complexity index is 706. The molecule has 0 aliphatic heterocycles. The minimum absolute atomic E-state index is 0.0129. The largest absolute Gasteiger partial charge is 0.497 e. The number of rotatable bonds is 5. The van der Waals surface area contributed by atoms with Crippen LogP contribution in [0.5, 0.6) is 5.75 Å². The fourth-order valence-electron chi connectivity index (χ4n) is 3.35. The van der Waals surface area contributed by atoms with Gasteiger partial charge in [-0.3, -0.25) is 4.79 Å². The number of hydrogen-bond donors (Lipinski definition) is 1. The van der Waals surface area contributed by atoms with Crippen molar-refractivity contribution in [1.82, 2.24) is 5.32 Å². The lowest BCUT2D eigenvalue weighted by atomic mass is 9.90. The van der Waals surface area contributed by atoms with Crippen molar-refractivity contribution < 1.29 is 9.53 Å². The number of benzene rings is 2. The van der Waals surface area contributed by atoms with Crippen LogP contribution in [-0.2, 0) is 24.1 Å². The standard InChI is InChI=1S/C21H25NO2/c1-15(17-9-11-20(24-2)12-10-17)22-21(23)14-16-7-8-18-5-3-4-6-19(18)13-16/h7-13,15H,3-6,14H2,1-2H3,(H,22,23)/t15-/m0/s1. The molecule has 1 amide bonds. The zero-order valence-corrected chi connectivity index (χ0v) is 14.5. The normalized spacial score (nSPS) is 14.6. The zero-order valence-electron chi connectivity index (χ0n) is 14.5. The molecule has 0 unspecified atom stereocenters. The van der Waals surface area contributed by atoms with Gasteiger partial charge in [-0.1, -0.05) is 30.3 Å². The molecule has 0 aromatic heterocycles. The Morgan fingerprint density at radius 3 is 2.50 bits per heavy atom. The smallest absolute Gasteiger partial charge is 0.224 e. The SMILES string of the molecule is COc1ccc([C@H](C)NC(=O)Cc2ccc3c(c2)CCCC3)cc1. The molecule has 3 rings (SSSR count). The summed E-state index contributed by atoms with van der Waals surface area (Å²) in [6.07, 6.45) is 5.31. The number of aryl methyl sites for hydroxylation is 2. The maximum absolute atomic E-state index is 12.4. The van der Waals surface area contributed by atoms with Gasteiger partial charge in [-0.05, 0) is 67.0 Å². The summed E-state index contributed by atoms with van der Waals surface area (Å²) < 4.78 is 5.17. The summed E-state index contributed by atoms with van der Waals surface area (Å²) in [4.78, 5) is 12.4. The van der Waals surface area contributed by atoms with E-state index < -0.39 is 0 Å². The highest BCUT2D eigenvalue weighted by molar-refractivity contribution is 5.79. The Morgan fingerprint density at radius 2 is 1.79 bits per heavy atom. The Balaban J connectivity index is 1.60. The lowest BCUT2D eigenvalue weighted by molar-refractivity contribution is -0.121. The molecule has 0 saturated heterocycles. The van der Waals surface area contributed by atoms with E-state index in [1.807, 2.05) is 31.2 Å². The third-order valence-corrected chi connectivity index (χ3v) is 4.77. The molecule has 0 fully saturated rings. The summed E-state index contributed by atoms with van der Waals surface area (Å²) in [6, 6.07) is 14.3. The van der Waals surface area contributed by atoms with Gasteiger partial charge in [0.2, 0.25) is 5.91 Å². The average molecular weight is 323 g/mol. The second kappa shape index (κ2) is 7.52. The van der Waals surface area contributed by atoms with Gasteiger partial charge >= 0.3 is 0 Å². The number of methoxy groups -OCH3 is 1. The van der Waals surface area contributed by atoms with E-state index in [2.05, 4.69) is 23.5 Å². The third-order valence-electron chi connectivity index (χ3n) is 4.77. The van der Waals surface area contributed by atoms with Gasteiger partial charge in [-0.2, -0.15) is 0 Å². The Hall–Kier alpha value is -2.29. The van der Waals surface area contributed by atoms with Crippen LogP contribution in [0.1, 0.15) is 48.1 Å². The summed E-state index contributed by atoms with van der Waals surface area (Å²) in [5.74, 6) is 0.889. The van der Waals surface area contributed by atoms with E-state index in [9.17, 15) is 4.79 Å². The molecule has 0 heterocycles. The highest BCUT2D eigenvalue weighted by atomic mass is 16.5. The van der Waals surface area contributed by atoms with Gasteiger partial charge in [-0.25, -0.2) is 0 Å². The molecule has 2 aromatic carbocycles. The highest BCUT2D eigenvalue weighted by Gasteiger charge is 2.13. The van der Waals surface area contributed by atoms with E-state index in [4.69, 9.17) is 4.74 Å². The van der Waals surface area contributed by atoms with E-state index >= 15 is 0 Å². The van der Waals surface area contributed by atoms with Gasteiger partial charge in [0, 0.05) is 0 Å². The molecule has 1 aliphatic rings. The fraction of sp³-hybridized carbons (Fsp3) is 0.381. The highest BCUT2D eigenvalue weighted by Crippen LogP contribution is 2.23. The molecule has 0 radical (unpaired) electrons. The van der Waals surface area contributed by atoms with E-state index in [1.165, 1.54) is 30.4 Å². The lowest BCUT2D eigenvalue weighted by Crippen LogP contribution is -2.28. The first-order valence-corrected chi connectivity index (χ1v) is 8.69. The van der Waals surface area contributed by atoms with Crippen LogP contribution in [0.2, 0.25) is 0 Å². The van der Waals surface area contributed by atoms with E-state index in [0.717, 1.165) is 23.3 Å². The van der Waals surface area contributed by atoms with Crippen LogP contribution in [0.3, 0.4) is 0 Å². The number of nitrogens with one attached hydrogen (secondary N) is 1. The first-order valence-electron chi connectivity index (χ1n) is 8.69. The van der Waals surface area contributed by atoms with Crippen molar-refractivity contribution in [3.63, 3.8) is 0 Å². The van der Waals surface area contributed by atoms with Crippen molar-refractivity contribution in [2.45, 2.75) is 45.1 Å². The van der Waals surface area contributed by atoms with Gasteiger partial charge in [0.05, 0.1) is 19.6 Å². The van der Waals surface area contributed by atoms with Crippen molar-refractivity contribution >= 4 is 5.91 Å². The van der Waals surface area contributed by atoms with Crippen LogP contribution >= 0.6 is 0 Å². The molecular formula is C21H25NO2. The maximum Gasteiger partial charge on any atom is 0.224 e. The minimum Gasteiger partial charge on any atom is -0.497 e. The predicted octanol–water partition coefficient (Wildman–Crippen LogP) is 3.99. The van der Waals surface area contributed by atoms with Crippen LogP contribution < -0.4 is 10.1 Å². The Morgan fingerprint density at radius 1 is 1.08 bits per heavy atom. The van der Waals surface area contributed by atoms with Gasteiger partial charge < -0.3 is 10.1 Å². The van der Waals surface area contributed by atoms with Crippen molar-refractivity contribution in [2.75, 3.05) is 7.11 Å². The van der Waals surface area contributed by atoms with E-state index in [1.54, 1.807) is 7.11 Å². The monoisotopic (exact) mass is 323 g/mol. The summed E-state index contributed by atoms with van der Waals surface area (Å²) in [5.41, 5.74) is 5.07. The van der Waals surface area contributed by atoms with Crippen LogP contribution in [0, 0.1) is 0 Å². The molecule has 3 heteroatoms. The van der Waals surface area contributed by atoms with Gasteiger partial charge in [0.15, 0.2) is 0 Å². The number of fused-ring (bicyclic) bond motifs is 1. The molecule has 1 atom stereocenters. The molecule has 3 nitrogen and oxygen atoms in total. The molecule has 1 N–H and O–H groups in total. The number of carbonyl (C=O) groups is 1. The van der Waals surface area contributed by atoms with E-state index in [-0.39, 0.29) is 11.9 Å². The van der Waals surface area contributed by atoms with Crippen LogP contribution in [-0.4, -0.2) is 13.0 Å². The first kappa shape index (κ1) is 16.6. The molecule has 0 spiro atoms. The summed E-state index contributed by atoms with van der Waals surface area (Å²) in [6.45, 7) is 2.01. The van der Waals surface area contributed by atoms with E-state index in [0.29, 0.717) is 6.42 Å². The molecule has 24 heavy (non-hydrogen) atoms. The molecule has 2 aromatic rings. The Labute approximate surface area is 144 Å². The quantitative estimate of drug-likeness (QED) is 0.903. The Kier molecular flexibility index (Phi) is 5.19. The van der Waals surface area contributed by atoms with Gasteiger partial charge in [-0.15, -0.1) is 0 Å². The van der Waals surface area contributed by atoms with Gasteiger partial charge in [0.1, 0.15) is 5.75 Å². The van der Waals surface area contributed by atoms with Gasteiger partial charge in [0.25, 0.3) is 0 Å². The van der Waals surface area contributed by atoms with Crippen LogP contribution in [0.25, 0.3) is 0 Å².